The molecule has 1 saturated heterocycles. The normalized spacial score (nSPS) is 14.6. The van der Waals surface area contributed by atoms with Crippen molar-refractivity contribution in [2.75, 3.05) is 13.7 Å². The van der Waals surface area contributed by atoms with E-state index >= 15 is 0 Å². The van der Waals surface area contributed by atoms with E-state index in [2.05, 4.69) is 0 Å². The summed E-state index contributed by atoms with van der Waals surface area (Å²) < 4.78 is 11.5. The Hall–Kier alpha value is -3.44. The lowest BCUT2D eigenvalue weighted by Crippen LogP contribution is -2.29. The number of thioether (sulfide) groups is 1. The smallest absolute Gasteiger partial charge is 0.303 e. The zero-order chi connectivity index (χ0) is 24.0. The minimum atomic E-state index is -0.919. The second kappa shape index (κ2) is 10.9. The molecule has 172 valence electrons. The van der Waals surface area contributed by atoms with E-state index in [1.165, 1.54) is 48.0 Å². The van der Waals surface area contributed by atoms with E-state index in [1.807, 2.05) is 6.07 Å². The average molecular weight is 489 g/mol. The summed E-state index contributed by atoms with van der Waals surface area (Å²) in [6.07, 6.45) is 2.00. The molecule has 1 fully saturated rings. The van der Waals surface area contributed by atoms with Crippen molar-refractivity contribution < 1.29 is 29.1 Å². The fourth-order valence-electron chi connectivity index (χ4n) is 3.06. The maximum Gasteiger partial charge on any atom is 0.303 e. The molecular weight excluding hydrogens is 468 g/mol. The largest absolute Gasteiger partial charge is 0.496 e. The summed E-state index contributed by atoms with van der Waals surface area (Å²) in [4.78, 5) is 35.6. The molecule has 2 aromatic rings. The van der Waals surface area contributed by atoms with Gasteiger partial charge in [0.25, 0.3) is 11.6 Å². The zero-order valence-electron chi connectivity index (χ0n) is 17.6. The SMILES string of the molecule is COc1ccc(/C=C2\SC(=S)N(CCCC(=O)O)C2=O)cc1COc1ccc([N+](=O)[O-])cc1. The molecular formula is C22H20N2O7S2. The monoisotopic (exact) mass is 488 g/mol. The molecule has 1 N–H and O–H groups in total. The Morgan fingerprint density at radius 3 is 2.64 bits per heavy atom. The van der Waals surface area contributed by atoms with Crippen LogP contribution in [0.5, 0.6) is 11.5 Å². The Morgan fingerprint density at radius 2 is 2.00 bits per heavy atom. The molecule has 1 aliphatic heterocycles. The van der Waals surface area contributed by atoms with Crippen molar-refractivity contribution in [3.63, 3.8) is 0 Å². The predicted molar refractivity (Wildman–Crippen MR) is 127 cm³/mol. The van der Waals surface area contributed by atoms with Gasteiger partial charge in [0.2, 0.25) is 0 Å². The van der Waals surface area contributed by atoms with Crippen LogP contribution in [-0.4, -0.2) is 44.8 Å². The summed E-state index contributed by atoms with van der Waals surface area (Å²) in [7, 11) is 1.53. The summed E-state index contributed by atoms with van der Waals surface area (Å²) in [6, 6.07) is 11.1. The number of rotatable bonds is 10. The van der Waals surface area contributed by atoms with Gasteiger partial charge < -0.3 is 14.6 Å². The number of hydrogen-bond acceptors (Lipinski definition) is 8. The molecule has 0 bridgehead atoms. The lowest BCUT2D eigenvalue weighted by atomic mass is 10.1. The highest BCUT2D eigenvalue weighted by molar-refractivity contribution is 8.26. The molecule has 0 radical (unpaired) electrons. The van der Waals surface area contributed by atoms with Gasteiger partial charge in [-0.2, -0.15) is 0 Å². The number of methoxy groups -OCH3 is 1. The maximum atomic E-state index is 12.7. The van der Waals surface area contributed by atoms with Crippen LogP contribution in [0.25, 0.3) is 6.08 Å². The van der Waals surface area contributed by atoms with Crippen molar-refractivity contribution in [2.24, 2.45) is 0 Å². The third kappa shape index (κ3) is 6.30. The van der Waals surface area contributed by atoms with Gasteiger partial charge in [-0.3, -0.25) is 24.6 Å². The molecule has 1 aliphatic rings. The minimum absolute atomic E-state index is 0.0257. The maximum absolute atomic E-state index is 12.7. The molecule has 1 heterocycles. The van der Waals surface area contributed by atoms with Crippen LogP contribution in [0, 0.1) is 10.1 Å². The fraction of sp³-hybridized carbons (Fsp3) is 0.227. The Balaban J connectivity index is 1.72. The first-order valence-corrected chi connectivity index (χ1v) is 11.0. The van der Waals surface area contributed by atoms with Crippen LogP contribution in [0.15, 0.2) is 47.4 Å². The summed E-state index contributed by atoms with van der Waals surface area (Å²) in [5.41, 5.74) is 1.44. The lowest BCUT2D eigenvalue weighted by Gasteiger charge is -2.13. The number of thiocarbonyl (C=S) groups is 1. The van der Waals surface area contributed by atoms with Gasteiger partial charge in [0.1, 0.15) is 22.4 Å². The standard InChI is InChI=1S/C22H20N2O7S2/c1-30-18-9-4-14(11-15(18)13-31-17-7-5-16(6-8-17)24(28)29)12-19-21(27)23(22(32)33-19)10-2-3-20(25)26/h4-9,11-12H,2-3,10,13H2,1H3,(H,25,26)/b19-12-. The fourth-order valence-corrected chi connectivity index (χ4v) is 4.37. The molecule has 0 aliphatic carbocycles. The second-order valence-electron chi connectivity index (χ2n) is 6.94. The molecule has 0 unspecified atom stereocenters. The molecule has 0 saturated carbocycles. The highest BCUT2D eigenvalue weighted by Crippen LogP contribution is 2.33. The third-order valence-corrected chi connectivity index (χ3v) is 6.07. The summed E-state index contributed by atoms with van der Waals surface area (Å²) >= 11 is 6.44. The Labute approximate surface area is 199 Å². The van der Waals surface area contributed by atoms with Crippen LogP contribution >= 0.6 is 24.0 Å². The number of hydrogen-bond donors (Lipinski definition) is 1. The Kier molecular flexibility index (Phi) is 8.01. The van der Waals surface area contributed by atoms with Gasteiger partial charge in [-0.25, -0.2) is 0 Å². The first-order chi connectivity index (χ1) is 15.8. The molecule has 2 aromatic carbocycles. The number of benzene rings is 2. The number of non-ortho nitro benzene ring substituents is 1. The van der Waals surface area contributed by atoms with Crippen LogP contribution in [0.1, 0.15) is 24.0 Å². The number of carboxylic acids is 1. The van der Waals surface area contributed by atoms with Crippen molar-refractivity contribution in [3.05, 3.63) is 68.6 Å². The van der Waals surface area contributed by atoms with Crippen molar-refractivity contribution in [1.82, 2.24) is 4.90 Å². The van der Waals surface area contributed by atoms with Gasteiger partial charge >= 0.3 is 5.97 Å². The van der Waals surface area contributed by atoms with E-state index in [4.69, 9.17) is 26.8 Å². The van der Waals surface area contributed by atoms with Crippen LogP contribution in [0.3, 0.4) is 0 Å². The number of aliphatic carboxylic acids is 1. The molecule has 3 rings (SSSR count). The first kappa shape index (κ1) is 24.2. The topological polar surface area (TPSA) is 119 Å². The third-order valence-electron chi connectivity index (χ3n) is 4.69. The predicted octanol–water partition coefficient (Wildman–Crippen LogP) is 4.25. The van der Waals surface area contributed by atoms with E-state index in [0.717, 1.165) is 11.1 Å². The highest BCUT2D eigenvalue weighted by Gasteiger charge is 2.31. The molecule has 0 atom stereocenters. The number of nitro benzene ring substituents is 1. The quantitative estimate of drug-likeness (QED) is 0.226. The average Bonchev–Trinajstić information content (AvgIpc) is 3.05. The van der Waals surface area contributed by atoms with Crippen molar-refractivity contribution in [1.29, 1.82) is 0 Å². The van der Waals surface area contributed by atoms with Crippen LogP contribution in [-0.2, 0) is 16.2 Å². The number of amides is 1. The van der Waals surface area contributed by atoms with Crippen molar-refractivity contribution >= 4 is 51.9 Å². The number of nitro groups is 1. The van der Waals surface area contributed by atoms with Crippen molar-refractivity contribution in [3.8, 4) is 11.5 Å². The van der Waals surface area contributed by atoms with Gasteiger partial charge in [0.05, 0.1) is 16.9 Å². The molecule has 0 spiro atoms. The summed E-state index contributed by atoms with van der Waals surface area (Å²) in [6.45, 7) is 0.407. The van der Waals surface area contributed by atoms with E-state index in [0.29, 0.717) is 27.1 Å². The van der Waals surface area contributed by atoms with E-state index < -0.39 is 10.9 Å². The number of carboxylic acid groups (broad SMARTS) is 1. The first-order valence-electron chi connectivity index (χ1n) is 9.80. The molecule has 9 nitrogen and oxygen atoms in total. The Bertz CT molecular complexity index is 1120. The minimum Gasteiger partial charge on any atom is -0.496 e. The molecule has 33 heavy (non-hydrogen) atoms. The van der Waals surface area contributed by atoms with Crippen molar-refractivity contribution in [2.45, 2.75) is 19.4 Å². The van der Waals surface area contributed by atoms with E-state index in [1.54, 1.807) is 18.2 Å². The summed E-state index contributed by atoms with van der Waals surface area (Å²) in [5, 5.41) is 19.6. The summed E-state index contributed by atoms with van der Waals surface area (Å²) in [5.74, 6) is -0.113. The van der Waals surface area contributed by atoms with Crippen LogP contribution in [0.4, 0.5) is 5.69 Å². The zero-order valence-corrected chi connectivity index (χ0v) is 19.2. The number of ether oxygens (including phenoxy) is 2. The molecule has 11 heteroatoms. The Morgan fingerprint density at radius 1 is 1.27 bits per heavy atom. The van der Waals surface area contributed by atoms with Gasteiger partial charge in [-0.1, -0.05) is 30.0 Å². The van der Waals surface area contributed by atoms with Gasteiger partial charge in [-0.15, -0.1) is 0 Å². The molecule has 0 aromatic heterocycles. The molecule has 1 amide bonds. The lowest BCUT2D eigenvalue weighted by molar-refractivity contribution is -0.384. The van der Waals surface area contributed by atoms with Gasteiger partial charge in [0, 0.05) is 30.7 Å². The number of nitrogens with zero attached hydrogens (tertiary/aromatic N) is 2. The van der Waals surface area contributed by atoms with Crippen LogP contribution < -0.4 is 9.47 Å². The van der Waals surface area contributed by atoms with E-state index in [9.17, 15) is 19.7 Å². The van der Waals surface area contributed by atoms with Crippen LogP contribution in [0.2, 0.25) is 0 Å². The second-order valence-corrected chi connectivity index (χ2v) is 8.62. The highest BCUT2D eigenvalue weighted by atomic mass is 32.2. The van der Waals surface area contributed by atoms with Gasteiger partial charge in [0.15, 0.2) is 0 Å². The number of carbonyl (C=O) groups is 2. The van der Waals surface area contributed by atoms with E-state index in [-0.39, 0.29) is 31.2 Å². The van der Waals surface area contributed by atoms with Gasteiger partial charge in [-0.05, 0) is 42.3 Å². The number of carbonyl (C=O) groups excluding carboxylic acids is 1.